The Bertz CT molecular complexity index is 1380. The largest absolute Gasteiger partial charge is 0.499 e. The van der Waals surface area contributed by atoms with Crippen LogP contribution in [0.4, 0.5) is 0 Å². The maximum Gasteiger partial charge on any atom is 0.257 e. The molecule has 1 aliphatic heterocycles. The molecule has 180 valence electrons. The van der Waals surface area contributed by atoms with E-state index in [1.54, 1.807) is 12.1 Å². The molecule has 6 nitrogen and oxygen atoms in total. The van der Waals surface area contributed by atoms with Crippen LogP contribution in [-0.4, -0.2) is 36.9 Å². The molecule has 3 aromatic rings. The van der Waals surface area contributed by atoms with Crippen LogP contribution in [0.2, 0.25) is 0 Å². The van der Waals surface area contributed by atoms with E-state index in [0.29, 0.717) is 11.3 Å². The average molecular weight is 490 g/mol. The standard InChI is InChI=1S/C28H27NO5S/c1-20-14-16-24(17-15-20)35(32,33)28(21(2)30)18-25(34-3)26(23-12-8-5-9-13-23)29(27(28)31)19-22-10-6-4-7-11-22/h4-17H,18-19H2,1-3H3. The predicted molar refractivity (Wildman–Crippen MR) is 134 cm³/mol. The molecule has 1 atom stereocenters. The van der Waals surface area contributed by atoms with Crippen molar-refractivity contribution in [2.24, 2.45) is 0 Å². The number of hydrogen-bond donors (Lipinski definition) is 0. The lowest BCUT2D eigenvalue weighted by molar-refractivity contribution is -0.137. The molecular formula is C28H27NO5S. The smallest absolute Gasteiger partial charge is 0.257 e. The van der Waals surface area contributed by atoms with Crippen molar-refractivity contribution in [1.82, 2.24) is 4.90 Å². The molecule has 3 aromatic carbocycles. The number of methoxy groups -OCH3 is 1. The second kappa shape index (κ2) is 9.50. The lowest BCUT2D eigenvalue weighted by Crippen LogP contribution is -2.60. The maximum absolute atomic E-state index is 14.3. The van der Waals surface area contributed by atoms with Gasteiger partial charge in [-0.2, -0.15) is 0 Å². The number of allylic oxidation sites excluding steroid dienone is 1. The summed E-state index contributed by atoms with van der Waals surface area (Å²) in [5.41, 5.74) is 2.80. The highest BCUT2D eigenvalue weighted by molar-refractivity contribution is 7.94. The summed E-state index contributed by atoms with van der Waals surface area (Å²) in [4.78, 5) is 28.8. The highest BCUT2D eigenvalue weighted by Crippen LogP contribution is 2.44. The molecule has 1 aliphatic rings. The zero-order chi connectivity index (χ0) is 25.2. The number of aryl methyl sites for hydroxylation is 1. The molecule has 0 N–H and O–H groups in total. The first kappa shape index (κ1) is 24.4. The van der Waals surface area contributed by atoms with Gasteiger partial charge in [-0.25, -0.2) is 8.42 Å². The van der Waals surface area contributed by atoms with Crippen molar-refractivity contribution < 1.29 is 22.7 Å². The van der Waals surface area contributed by atoms with Gasteiger partial charge in [-0.3, -0.25) is 9.59 Å². The molecule has 1 amide bonds. The Morgan fingerprint density at radius 1 is 0.943 bits per heavy atom. The fraction of sp³-hybridized carbons (Fsp3) is 0.214. The summed E-state index contributed by atoms with van der Waals surface area (Å²) in [6.45, 7) is 3.07. The van der Waals surface area contributed by atoms with Crippen LogP contribution >= 0.6 is 0 Å². The van der Waals surface area contributed by atoms with Crippen molar-refractivity contribution in [2.45, 2.75) is 36.5 Å². The Hall–Kier alpha value is -3.71. The number of Topliss-reactive ketones (excluding diaryl/α,β-unsaturated/α-hetero) is 1. The van der Waals surface area contributed by atoms with Crippen LogP contribution in [0, 0.1) is 6.92 Å². The number of ether oxygens (including phenoxy) is 1. The lowest BCUT2D eigenvalue weighted by Gasteiger charge is -2.41. The van der Waals surface area contributed by atoms with Gasteiger partial charge >= 0.3 is 0 Å². The summed E-state index contributed by atoms with van der Waals surface area (Å²) >= 11 is 0. The van der Waals surface area contributed by atoms with Gasteiger partial charge in [-0.15, -0.1) is 0 Å². The summed E-state index contributed by atoms with van der Waals surface area (Å²) in [7, 11) is -2.99. The number of nitrogens with zero attached hydrogens (tertiary/aromatic N) is 1. The monoisotopic (exact) mass is 489 g/mol. The van der Waals surface area contributed by atoms with Crippen molar-refractivity contribution in [3.63, 3.8) is 0 Å². The van der Waals surface area contributed by atoms with E-state index in [4.69, 9.17) is 4.74 Å². The normalized spacial score (nSPS) is 18.5. The van der Waals surface area contributed by atoms with Gasteiger partial charge in [0.25, 0.3) is 5.91 Å². The van der Waals surface area contributed by atoms with Crippen molar-refractivity contribution >= 4 is 27.2 Å². The molecule has 0 radical (unpaired) electrons. The Morgan fingerprint density at radius 2 is 1.51 bits per heavy atom. The van der Waals surface area contributed by atoms with Crippen LogP contribution in [-0.2, 0) is 30.7 Å². The fourth-order valence-corrected chi connectivity index (χ4v) is 6.38. The van der Waals surface area contributed by atoms with Gasteiger partial charge in [0.1, 0.15) is 5.76 Å². The van der Waals surface area contributed by atoms with Crippen LogP contribution < -0.4 is 0 Å². The number of hydrogen-bond acceptors (Lipinski definition) is 5. The van der Waals surface area contributed by atoms with Crippen molar-refractivity contribution in [2.75, 3.05) is 7.11 Å². The minimum Gasteiger partial charge on any atom is -0.499 e. The molecule has 1 heterocycles. The van der Waals surface area contributed by atoms with Gasteiger partial charge < -0.3 is 9.64 Å². The van der Waals surface area contributed by atoms with E-state index in [1.807, 2.05) is 67.6 Å². The first-order chi connectivity index (χ1) is 16.7. The predicted octanol–water partition coefficient (Wildman–Crippen LogP) is 4.54. The Balaban J connectivity index is 1.98. The van der Waals surface area contributed by atoms with Gasteiger partial charge in [-0.05, 0) is 31.5 Å². The van der Waals surface area contributed by atoms with Crippen LogP contribution in [0.15, 0.2) is 95.6 Å². The zero-order valence-corrected chi connectivity index (χ0v) is 20.7. The summed E-state index contributed by atoms with van der Waals surface area (Å²) in [5, 5.41) is 0. The molecule has 0 aliphatic carbocycles. The maximum atomic E-state index is 14.3. The van der Waals surface area contributed by atoms with E-state index in [9.17, 15) is 18.0 Å². The van der Waals surface area contributed by atoms with E-state index in [1.165, 1.54) is 24.1 Å². The first-order valence-corrected chi connectivity index (χ1v) is 12.7. The number of ketones is 1. The van der Waals surface area contributed by atoms with Crippen molar-refractivity contribution in [3.05, 3.63) is 107 Å². The Morgan fingerprint density at radius 3 is 2.06 bits per heavy atom. The molecule has 7 heteroatoms. The van der Waals surface area contributed by atoms with Crippen LogP contribution in [0.5, 0.6) is 0 Å². The SMILES string of the molecule is COC1=C(c2ccccc2)N(Cc2ccccc2)C(=O)C(C(C)=O)(S(=O)(=O)c2ccc(C)cc2)C1. The number of carbonyl (C=O) groups is 2. The van der Waals surface area contributed by atoms with E-state index >= 15 is 0 Å². The van der Waals surface area contributed by atoms with Crippen LogP contribution in [0.1, 0.15) is 30.0 Å². The van der Waals surface area contributed by atoms with E-state index in [0.717, 1.165) is 18.1 Å². The third-order valence-electron chi connectivity index (χ3n) is 6.37. The summed E-state index contributed by atoms with van der Waals surface area (Å²) in [6, 6.07) is 24.6. The molecule has 0 fully saturated rings. The van der Waals surface area contributed by atoms with E-state index in [-0.39, 0.29) is 23.6 Å². The number of benzene rings is 3. The van der Waals surface area contributed by atoms with Crippen molar-refractivity contribution in [1.29, 1.82) is 0 Å². The highest BCUT2D eigenvalue weighted by Gasteiger charge is 2.61. The van der Waals surface area contributed by atoms with E-state index < -0.39 is 26.3 Å². The minimum atomic E-state index is -4.42. The molecule has 0 aromatic heterocycles. The molecule has 0 saturated heterocycles. The quantitative estimate of drug-likeness (QED) is 0.455. The number of sulfone groups is 1. The van der Waals surface area contributed by atoms with Crippen molar-refractivity contribution in [3.8, 4) is 0 Å². The van der Waals surface area contributed by atoms with Gasteiger partial charge in [0, 0.05) is 12.0 Å². The third-order valence-corrected chi connectivity index (χ3v) is 8.79. The van der Waals surface area contributed by atoms with Crippen LogP contribution in [0.3, 0.4) is 0 Å². The number of amides is 1. The van der Waals surface area contributed by atoms with Gasteiger partial charge in [-0.1, -0.05) is 78.4 Å². The molecule has 0 spiro atoms. The number of rotatable bonds is 7. The summed E-state index contributed by atoms with van der Waals surface area (Å²) in [6.07, 6.45) is -0.386. The van der Waals surface area contributed by atoms with E-state index in [2.05, 4.69) is 0 Å². The zero-order valence-electron chi connectivity index (χ0n) is 19.9. The fourth-order valence-electron chi connectivity index (χ4n) is 4.45. The molecule has 35 heavy (non-hydrogen) atoms. The number of carbonyl (C=O) groups excluding carboxylic acids is 2. The minimum absolute atomic E-state index is 0.0786. The first-order valence-electron chi connectivity index (χ1n) is 11.2. The molecule has 1 unspecified atom stereocenters. The van der Waals surface area contributed by atoms with Gasteiger partial charge in [0.15, 0.2) is 5.78 Å². The highest BCUT2D eigenvalue weighted by atomic mass is 32.2. The van der Waals surface area contributed by atoms with Crippen LogP contribution in [0.25, 0.3) is 5.70 Å². The summed E-state index contributed by atoms with van der Waals surface area (Å²) in [5.74, 6) is -1.27. The second-order valence-electron chi connectivity index (χ2n) is 8.60. The second-order valence-corrected chi connectivity index (χ2v) is 10.8. The summed E-state index contributed by atoms with van der Waals surface area (Å²) < 4.78 is 31.4. The van der Waals surface area contributed by atoms with Gasteiger partial charge in [0.2, 0.25) is 14.6 Å². The Labute approximate surface area is 205 Å². The Kier molecular flexibility index (Phi) is 6.63. The molecular weight excluding hydrogens is 462 g/mol. The molecule has 4 rings (SSSR count). The topological polar surface area (TPSA) is 80.8 Å². The molecule has 0 bridgehead atoms. The average Bonchev–Trinajstić information content (AvgIpc) is 2.86. The lowest BCUT2D eigenvalue weighted by atomic mass is 9.89. The third kappa shape index (κ3) is 4.17. The van der Waals surface area contributed by atoms with Gasteiger partial charge in [0.05, 0.1) is 24.2 Å². The molecule has 0 saturated carbocycles.